The minimum atomic E-state index is -0.263. The monoisotopic (exact) mass is 239 g/mol. The van der Waals surface area contributed by atoms with Gasteiger partial charge in [-0.15, -0.1) is 0 Å². The molecule has 2 rings (SSSR count). The van der Waals surface area contributed by atoms with Crippen LogP contribution in [0.1, 0.15) is 22.6 Å². The van der Waals surface area contributed by atoms with Gasteiger partial charge in [0, 0.05) is 11.4 Å². The van der Waals surface area contributed by atoms with E-state index in [1.165, 1.54) is 0 Å². The normalized spacial score (nSPS) is 10.1. The third-order valence-corrected chi connectivity index (χ3v) is 2.78. The molecule has 4 heteroatoms. The summed E-state index contributed by atoms with van der Waals surface area (Å²) in [4.78, 5) is 16.4. The Kier molecular flexibility index (Phi) is 3.24. The first-order chi connectivity index (χ1) is 8.61. The van der Waals surface area contributed by atoms with E-state index in [0.717, 1.165) is 17.1 Å². The maximum absolute atomic E-state index is 12.0. The van der Waals surface area contributed by atoms with Gasteiger partial charge in [0.15, 0.2) is 0 Å². The van der Waals surface area contributed by atoms with Crippen molar-refractivity contribution >= 4 is 0 Å². The summed E-state index contributed by atoms with van der Waals surface area (Å²) in [7, 11) is 0. The molecule has 0 fully saturated rings. The molecule has 4 nitrogen and oxygen atoms in total. The van der Waals surface area contributed by atoms with Crippen LogP contribution in [-0.4, -0.2) is 9.55 Å². The number of nitriles is 1. The molecule has 0 bridgehead atoms. The van der Waals surface area contributed by atoms with E-state index < -0.39 is 0 Å². The fourth-order valence-corrected chi connectivity index (χ4v) is 1.80. The topological polar surface area (TPSA) is 58.7 Å². The first kappa shape index (κ1) is 12.1. The second-order valence-electron chi connectivity index (χ2n) is 4.16. The minimum absolute atomic E-state index is 0.160. The average molecular weight is 239 g/mol. The molecule has 0 atom stereocenters. The maximum atomic E-state index is 12.0. The van der Waals surface area contributed by atoms with Gasteiger partial charge in [0.05, 0.1) is 12.2 Å². The first-order valence-corrected chi connectivity index (χ1v) is 5.65. The molecule has 2 aromatic heterocycles. The molecule has 0 spiro atoms. The molecule has 0 N–H and O–H groups in total. The molecule has 0 aromatic carbocycles. The average Bonchev–Trinajstić information content (AvgIpc) is 2.35. The first-order valence-electron chi connectivity index (χ1n) is 5.65. The van der Waals surface area contributed by atoms with Crippen molar-refractivity contribution in [2.24, 2.45) is 0 Å². The van der Waals surface area contributed by atoms with Crippen molar-refractivity contribution < 1.29 is 0 Å². The Morgan fingerprint density at radius 1 is 1.28 bits per heavy atom. The van der Waals surface area contributed by atoms with Crippen LogP contribution < -0.4 is 5.56 Å². The van der Waals surface area contributed by atoms with Crippen molar-refractivity contribution in [3.05, 3.63) is 63.3 Å². The summed E-state index contributed by atoms with van der Waals surface area (Å²) >= 11 is 0. The number of rotatable bonds is 2. The predicted molar refractivity (Wildman–Crippen MR) is 68.2 cm³/mol. The summed E-state index contributed by atoms with van der Waals surface area (Å²) in [5.74, 6) is 0. The maximum Gasteiger partial charge on any atom is 0.269 e. The molecular weight excluding hydrogens is 226 g/mol. The van der Waals surface area contributed by atoms with Crippen LogP contribution in [0.4, 0.5) is 0 Å². The standard InChI is InChI=1S/C14H13N3O/c1-10-4-3-5-13(16-10)9-17-11(2)6-7-12(8-15)14(17)18/h3-7H,9H2,1-2H3. The predicted octanol–water partition coefficient (Wildman–Crippen LogP) is 1.78. The zero-order chi connectivity index (χ0) is 13.1. The molecule has 2 heterocycles. The van der Waals surface area contributed by atoms with Crippen LogP contribution >= 0.6 is 0 Å². The summed E-state index contributed by atoms with van der Waals surface area (Å²) in [6.07, 6.45) is 0. The molecule has 90 valence electrons. The zero-order valence-electron chi connectivity index (χ0n) is 10.3. The van der Waals surface area contributed by atoms with Crippen molar-refractivity contribution in [1.82, 2.24) is 9.55 Å². The van der Waals surface area contributed by atoms with Crippen LogP contribution in [0, 0.1) is 25.2 Å². The van der Waals surface area contributed by atoms with Crippen molar-refractivity contribution in [2.75, 3.05) is 0 Å². The third-order valence-electron chi connectivity index (χ3n) is 2.78. The van der Waals surface area contributed by atoms with E-state index in [4.69, 9.17) is 5.26 Å². The van der Waals surface area contributed by atoms with Gasteiger partial charge in [-0.25, -0.2) is 0 Å². The van der Waals surface area contributed by atoms with Crippen LogP contribution in [-0.2, 0) is 6.54 Å². The Bertz CT molecular complexity index is 680. The van der Waals surface area contributed by atoms with E-state index in [9.17, 15) is 4.79 Å². The van der Waals surface area contributed by atoms with E-state index in [1.807, 2.05) is 38.1 Å². The summed E-state index contributed by atoms with van der Waals surface area (Å²) < 4.78 is 1.57. The Balaban J connectivity index is 2.47. The fourth-order valence-electron chi connectivity index (χ4n) is 1.80. The molecule has 0 amide bonds. The highest BCUT2D eigenvalue weighted by Crippen LogP contribution is 2.03. The van der Waals surface area contributed by atoms with Gasteiger partial charge in [0.25, 0.3) is 5.56 Å². The Labute approximate surface area is 105 Å². The highest BCUT2D eigenvalue weighted by Gasteiger charge is 2.07. The molecule has 0 aliphatic carbocycles. The molecule has 2 aromatic rings. The summed E-state index contributed by atoms with van der Waals surface area (Å²) in [6.45, 7) is 4.14. The van der Waals surface area contributed by atoms with Gasteiger partial charge >= 0.3 is 0 Å². The Hall–Kier alpha value is -2.41. The van der Waals surface area contributed by atoms with Crippen LogP contribution in [0.2, 0.25) is 0 Å². The highest BCUT2D eigenvalue weighted by atomic mass is 16.1. The van der Waals surface area contributed by atoms with Crippen molar-refractivity contribution in [2.45, 2.75) is 20.4 Å². The summed E-state index contributed by atoms with van der Waals surface area (Å²) in [5.41, 5.74) is 2.45. The van der Waals surface area contributed by atoms with Gasteiger partial charge in [-0.2, -0.15) is 5.26 Å². The van der Waals surface area contributed by atoms with Gasteiger partial charge in [0.2, 0.25) is 0 Å². The lowest BCUT2D eigenvalue weighted by atomic mass is 10.2. The van der Waals surface area contributed by atoms with E-state index in [-0.39, 0.29) is 11.1 Å². The van der Waals surface area contributed by atoms with Crippen molar-refractivity contribution in [3.63, 3.8) is 0 Å². The molecule has 0 aliphatic rings. The number of hydrogen-bond acceptors (Lipinski definition) is 3. The van der Waals surface area contributed by atoms with Crippen LogP contribution in [0.25, 0.3) is 0 Å². The lowest BCUT2D eigenvalue weighted by molar-refractivity contribution is 0.708. The fraction of sp³-hybridized carbons (Fsp3) is 0.214. The van der Waals surface area contributed by atoms with E-state index in [1.54, 1.807) is 16.7 Å². The largest absolute Gasteiger partial charge is 0.306 e. The van der Waals surface area contributed by atoms with Gasteiger partial charge in [-0.3, -0.25) is 9.78 Å². The number of hydrogen-bond donors (Lipinski definition) is 0. The molecule has 0 radical (unpaired) electrons. The third kappa shape index (κ3) is 2.30. The van der Waals surface area contributed by atoms with Crippen LogP contribution in [0.15, 0.2) is 35.1 Å². The van der Waals surface area contributed by atoms with Gasteiger partial charge < -0.3 is 4.57 Å². The Morgan fingerprint density at radius 3 is 2.72 bits per heavy atom. The molecule has 0 aliphatic heterocycles. The summed E-state index contributed by atoms with van der Waals surface area (Å²) in [6, 6.07) is 10.9. The highest BCUT2D eigenvalue weighted by molar-refractivity contribution is 5.28. The molecule has 0 unspecified atom stereocenters. The lowest BCUT2D eigenvalue weighted by Gasteiger charge is -2.09. The molecule has 0 saturated heterocycles. The molecule has 0 saturated carbocycles. The Morgan fingerprint density at radius 2 is 2.06 bits per heavy atom. The van der Waals surface area contributed by atoms with Crippen molar-refractivity contribution in [3.8, 4) is 6.07 Å². The van der Waals surface area contributed by atoms with Crippen LogP contribution in [0.5, 0.6) is 0 Å². The number of aryl methyl sites for hydroxylation is 2. The second-order valence-corrected chi connectivity index (χ2v) is 4.16. The van der Waals surface area contributed by atoms with E-state index in [2.05, 4.69) is 4.98 Å². The van der Waals surface area contributed by atoms with Gasteiger partial charge in [0.1, 0.15) is 11.6 Å². The van der Waals surface area contributed by atoms with E-state index >= 15 is 0 Å². The number of aromatic nitrogens is 2. The SMILES string of the molecule is Cc1cccc(Cn2c(C)ccc(C#N)c2=O)n1. The van der Waals surface area contributed by atoms with Gasteiger partial charge in [-0.05, 0) is 38.1 Å². The lowest BCUT2D eigenvalue weighted by Crippen LogP contribution is -2.25. The summed E-state index contributed by atoms with van der Waals surface area (Å²) in [5, 5.41) is 8.87. The van der Waals surface area contributed by atoms with Crippen LogP contribution in [0.3, 0.4) is 0 Å². The van der Waals surface area contributed by atoms with E-state index in [0.29, 0.717) is 6.54 Å². The van der Waals surface area contributed by atoms with Crippen molar-refractivity contribution in [1.29, 1.82) is 5.26 Å². The second kappa shape index (κ2) is 4.84. The number of nitrogens with zero attached hydrogens (tertiary/aromatic N) is 3. The zero-order valence-corrected chi connectivity index (χ0v) is 10.3. The number of pyridine rings is 2. The van der Waals surface area contributed by atoms with Gasteiger partial charge in [-0.1, -0.05) is 6.07 Å². The quantitative estimate of drug-likeness (QED) is 0.802. The minimum Gasteiger partial charge on any atom is -0.306 e. The smallest absolute Gasteiger partial charge is 0.269 e. The molecular formula is C14H13N3O. The molecule has 18 heavy (non-hydrogen) atoms.